The van der Waals surface area contributed by atoms with Crippen molar-refractivity contribution in [2.75, 3.05) is 24.5 Å². The van der Waals surface area contributed by atoms with Crippen LogP contribution in [0, 0.1) is 18.8 Å². The van der Waals surface area contributed by atoms with Gasteiger partial charge in [0, 0.05) is 43.2 Å². The third kappa shape index (κ3) is 4.67. The molecular formula is C30H37N3O3. The van der Waals surface area contributed by atoms with Crippen LogP contribution in [0.15, 0.2) is 66.4 Å². The molecule has 3 aliphatic rings. The topological polar surface area (TPSA) is 79.0 Å². The summed E-state index contributed by atoms with van der Waals surface area (Å²) in [6.07, 6.45) is 9.42. The number of ether oxygens (including phenoxy) is 1. The van der Waals surface area contributed by atoms with Gasteiger partial charge in [0.2, 0.25) is 0 Å². The van der Waals surface area contributed by atoms with Crippen molar-refractivity contribution >= 4 is 11.7 Å². The van der Waals surface area contributed by atoms with E-state index in [4.69, 9.17) is 10.5 Å². The van der Waals surface area contributed by atoms with Crippen molar-refractivity contribution in [1.82, 2.24) is 4.90 Å². The molecule has 1 saturated heterocycles. The average Bonchev–Trinajstić information content (AvgIpc) is 2.92. The van der Waals surface area contributed by atoms with Gasteiger partial charge < -0.3 is 20.5 Å². The quantitative estimate of drug-likeness (QED) is 0.600. The van der Waals surface area contributed by atoms with Crippen LogP contribution in [0.4, 0.5) is 10.5 Å². The SMILES string of the molecule is Cc1ccc2c(c1O)C[C@@H](C1CCN(C(=O)N(C3=CC=CCC3C)c3ccccc3)CC1)O[C@H]2CN. The summed E-state index contributed by atoms with van der Waals surface area (Å²) in [4.78, 5) is 17.8. The maximum atomic E-state index is 13.9. The minimum Gasteiger partial charge on any atom is -0.507 e. The Kier molecular flexibility index (Phi) is 7.17. The van der Waals surface area contributed by atoms with E-state index in [9.17, 15) is 9.90 Å². The van der Waals surface area contributed by atoms with Crippen LogP contribution in [0.25, 0.3) is 0 Å². The highest BCUT2D eigenvalue weighted by atomic mass is 16.5. The van der Waals surface area contributed by atoms with Crippen LogP contribution in [-0.2, 0) is 11.2 Å². The van der Waals surface area contributed by atoms with Gasteiger partial charge in [-0.3, -0.25) is 4.90 Å². The summed E-state index contributed by atoms with van der Waals surface area (Å²) in [7, 11) is 0. The monoisotopic (exact) mass is 487 g/mol. The summed E-state index contributed by atoms with van der Waals surface area (Å²) in [6, 6.07) is 14.0. The number of hydrogen-bond acceptors (Lipinski definition) is 4. The van der Waals surface area contributed by atoms with E-state index in [1.165, 1.54) is 0 Å². The number of urea groups is 1. The molecule has 0 bridgehead atoms. The van der Waals surface area contributed by atoms with Gasteiger partial charge in [0.15, 0.2) is 0 Å². The first-order valence-corrected chi connectivity index (χ1v) is 13.2. The fourth-order valence-corrected chi connectivity index (χ4v) is 5.86. The molecule has 6 heteroatoms. The van der Waals surface area contributed by atoms with Crippen molar-refractivity contribution < 1.29 is 14.6 Å². The summed E-state index contributed by atoms with van der Waals surface area (Å²) in [6.45, 7) is 5.86. The number of benzene rings is 2. The number of nitrogens with two attached hydrogens (primary N) is 1. The second-order valence-electron chi connectivity index (χ2n) is 10.3. The molecule has 2 aromatic carbocycles. The van der Waals surface area contributed by atoms with Crippen LogP contribution < -0.4 is 10.6 Å². The molecular weight excluding hydrogens is 450 g/mol. The number of carbonyl (C=O) groups excluding carboxylic acids is 1. The average molecular weight is 488 g/mol. The lowest BCUT2D eigenvalue weighted by molar-refractivity contribution is -0.0624. The zero-order chi connectivity index (χ0) is 25.2. The van der Waals surface area contributed by atoms with Crippen LogP contribution in [-0.4, -0.2) is 41.8 Å². The van der Waals surface area contributed by atoms with Gasteiger partial charge in [-0.2, -0.15) is 0 Å². The second-order valence-corrected chi connectivity index (χ2v) is 10.3. The van der Waals surface area contributed by atoms with E-state index in [0.717, 1.165) is 47.3 Å². The van der Waals surface area contributed by atoms with Gasteiger partial charge in [-0.05, 0) is 61.4 Å². The molecule has 0 radical (unpaired) electrons. The Labute approximate surface area is 214 Å². The molecule has 1 aliphatic carbocycles. The van der Waals surface area contributed by atoms with Gasteiger partial charge in [0.1, 0.15) is 5.75 Å². The van der Waals surface area contributed by atoms with Gasteiger partial charge in [-0.15, -0.1) is 0 Å². The molecule has 2 aromatic rings. The largest absolute Gasteiger partial charge is 0.507 e. The lowest BCUT2D eigenvalue weighted by Gasteiger charge is -2.42. The third-order valence-electron chi connectivity index (χ3n) is 8.02. The number of anilines is 1. The van der Waals surface area contributed by atoms with Crippen LogP contribution in [0.5, 0.6) is 5.75 Å². The van der Waals surface area contributed by atoms with E-state index in [1.54, 1.807) is 0 Å². The first-order valence-electron chi connectivity index (χ1n) is 13.2. The Hall–Kier alpha value is -3.09. The summed E-state index contributed by atoms with van der Waals surface area (Å²) >= 11 is 0. The molecule has 3 atom stereocenters. The van der Waals surface area contributed by atoms with E-state index < -0.39 is 0 Å². The van der Waals surface area contributed by atoms with Crippen molar-refractivity contribution in [3.8, 4) is 5.75 Å². The third-order valence-corrected chi connectivity index (χ3v) is 8.02. The molecule has 0 saturated carbocycles. The number of rotatable bonds is 4. The van der Waals surface area contributed by atoms with Crippen molar-refractivity contribution in [3.63, 3.8) is 0 Å². The van der Waals surface area contributed by atoms with Gasteiger partial charge in [-0.1, -0.05) is 49.4 Å². The van der Waals surface area contributed by atoms with E-state index in [2.05, 4.69) is 19.1 Å². The number of piperidine rings is 1. The number of amides is 2. The molecule has 2 heterocycles. The van der Waals surface area contributed by atoms with Crippen molar-refractivity contribution in [3.05, 3.63) is 83.1 Å². The molecule has 0 spiro atoms. The predicted molar refractivity (Wildman–Crippen MR) is 143 cm³/mol. The van der Waals surface area contributed by atoms with E-state index in [1.807, 2.05) is 65.3 Å². The standard InChI is InChI=1S/C30H37N3O3/c1-20-8-6-7-11-26(20)33(23-9-4-3-5-10-23)30(35)32-16-14-22(15-17-32)27-18-25-24(28(19-31)36-27)13-12-21(2)29(25)34/h3-7,9-13,20,22,27-28,34H,8,14-19,31H2,1-2H3/t20?,27-,28-/m0/s1. The minimum atomic E-state index is -0.203. The van der Waals surface area contributed by atoms with Gasteiger partial charge >= 0.3 is 6.03 Å². The Morgan fingerprint density at radius 2 is 1.92 bits per heavy atom. The second kappa shape index (κ2) is 10.5. The van der Waals surface area contributed by atoms with Crippen LogP contribution >= 0.6 is 0 Å². The van der Waals surface area contributed by atoms with E-state index in [-0.39, 0.29) is 24.2 Å². The number of phenolic OH excluding ortho intramolecular Hbond substituents is 1. The number of aryl methyl sites for hydroxylation is 1. The highest BCUT2D eigenvalue weighted by Gasteiger charge is 2.37. The Morgan fingerprint density at radius 1 is 1.17 bits per heavy atom. The molecule has 0 aromatic heterocycles. The molecule has 36 heavy (non-hydrogen) atoms. The number of hydrogen-bond donors (Lipinski definition) is 2. The fourth-order valence-electron chi connectivity index (χ4n) is 5.86. The first kappa shape index (κ1) is 24.6. The highest BCUT2D eigenvalue weighted by molar-refractivity contribution is 5.95. The Balaban J connectivity index is 1.31. The lowest BCUT2D eigenvalue weighted by Crippen LogP contribution is -2.49. The van der Waals surface area contributed by atoms with E-state index >= 15 is 0 Å². The zero-order valence-corrected chi connectivity index (χ0v) is 21.3. The van der Waals surface area contributed by atoms with Gasteiger partial charge in [0.05, 0.1) is 17.9 Å². The molecule has 5 rings (SSSR count). The molecule has 1 unspecified atom stereocenters. The summed E-state index contributed by atoms with van der Waals surface area (Å²) in [5.74, 6) is 0.961. The van der Waals surface area contributed by atoms with Crippen molar-refractivity contribution in [2.24, 2.45) is 17.6 Å². The number of fused-ring (bicyclic) bond motifs is 1. The molecule has 2 aliphatic heterocycles. The van der Waals surface area contributed by atoms with Gasteiger partial charge in [-0.25, -0.2) is 4.79 Å². The number of phenols is 1. The molecule has 3 N–H and O–H groups in total. The predicted octanol–water partition coefficient (Wildman–Crippen LogP) is 5.46. The number of carbonyl (C=O) groups is 1. The molecule has 1 fully saturated rings. The Bertz CT molecular complexity index is 1150. The normalized spacial score (nSPS) is 24.2. The number of allylic oxidation sites excluding steroid dienone is 4. The molecule has 190 valence electrons. The van der Waals surface area contributed by atoms with Crippen molar-refractivity contribution in [2.45, 2.75) is 51.7 Å². The zero-order valence-electron chi connectivity index (χ0n) is 21.3. The first-order chi connectivity index (χ1) is 17.5. The number of nitrogens with zero attached hydrogens (tertiary/aromatic N) is 2. The Morgan fingerprint density at radius 3 is 2.61 bits per heavy atom. The fraction of sp³-hybridized carbons (Fsp3) is 0.433. The molecule has 6 nitrogen and oxygen atoms in total. The summed E-state index contributed by atoms with van der Waals surface area (Å²) in [5.41, 5.74) is 10.9. The number of likely N-dealkylation sites (tertiary alicyclic amines) is 1. The summed E-state index contributed by atoms with van der Waals surface area (Å²) in [5, 5.41) is 10.7. The smallest absolute Gasteiger partial charge is 0.328 e. The highest BCUT2D eigenvalue weighted by Crippen LogP contribution is 2.40. The molecule has 2 amide bonds. The lowest BCUT2D eigenvalue weighted by atomic mass is 9.83. The van der Waals surface area contributed by atoms with Crippen LogP contribution in [0.3, 0.4) is 0 Å². The van der Waals surface area contributed by atoms with Crippen LogP contribution in [0.2, 0.25) is 0 Å². The van der Waals surface area contributed by atoms with Crippen molar-refractivity contribution in [1.29, 1.82) is 0 Å². The maximum Gasteiger partial charge on any atom is 0.328 e. The van der Waals surface area contributed by atoms with E-state index in [0.29, 0.717) is 37.7 Å². The van der Waals surface area contributed by atoms with Crippen LogP contribution in [0.1, 0.15) is 49.0 Å². The van der Waals surface area contributed by atoms with Gasteiger partial charge in [0.25, 0.3) is 0 Å². The summed E-state index contributed by atoms with van der Waals surface area (Å²) < 4.78 is 6.45. The minimum absolute atomic E-state index is 0.00700. The number of aromatic hydroxyl groups is 1. The number of para-hydroxylation sites is 1. The maximum absolute atomic E-state index is 13.9.